The number of hydrogen-bond donors (Lipinski definition) is 2. The molecule has 0 aromatic heterocycles. The van der Waals surface area contributed by atoms with E-state index in [1.54, 1.807) is 30.3 Å². The lowest BCUT2D eigenvalue weighted by molar-refractivity contribution is 0.101. The van der Waals surface area contributed by atoms with Crippen LogP contribution >= 0.6 is 0 Å². The lowest BCUT2D eigenvalue weighted by Gasteiger charge is -2.14. The molecule has 0 saturated carbocycles. The van der Waals surface area contributed by atoms with E-state index in [1.165, 1.54) is 39.5 Å². The molecule has 7 nitrogen and oxygen atoms in total. The van der Waals surface area contributed by atoms with Crippen LogP contribution in [0, 0.1) is 12.7 Å². The summed E-state index contributed by atoms with van der Waals surface area (Å²) in [5.41, 5.74) is 2.01. The molecule has 0 aliphatic carbocycles. The third-order valence-corrected chi connectivity index (χ3v) is 4.81. The first-order chi connectivity index (χ1) is 15.4. The van der Waals surface area contributed by atoms with E-state index in [0.717, 1.165) is 11.6 Å². The van der Waals surface area contributed by atoms with Crippen LogP contribution in [0.1, 0.15) is 26.3 Å². The Morgan fingerprint density at radius 2 is 1.38 bits per heavy atom. The highest BCUT2D eigenvalue weighted by atomic mass is 19.1. The molecule has 2 amide bonds. The second-order valence-electron chi connectivity index (χ2n) is 6.84. The molecule has 2 N–H and O–H groups in total. The topological polar surface area (TPSA) is 85.9 Å². The van der Waals surface area contributed by atoms with E-state index in [1.807, 2.05) is 6.92 Å². The molecule has 0 unspecified atom stereocenters. The van der Waals surface area contributed by atoms with Gasteiger partial charge in [0.15, 0.2) is 0 Å². The second kappa shape index (κ2) is 9.82. The number of halogens is 1. The van der Waals surface area contributed by atoms with E-state index >= 15 is 0 Å². The molecule has 3 aromatic rings. The first-order valence-electron chi connectivity index (χ1n) is 9.65. The predicted molar refractivity (Wildman–Crippen MR) is 120 cm³/mol. The fourth-order valence-electron chi connectivity index (χ4n) is 3.13. The number of nitrogens with one attached hydrogen (secondary N) is 2. The minimum absolute atomic E-state index is 0.153. The van der Waals surface area contributed by atoms with E-state index in [2.05, 4.69) is 10.6 Å². The maximum atomic E-state index is 13.4. The quantitative estimate of drug-likeness (QED) is 0.560. The van der Waals surface area contributed by atoms with Gasteiger partial charge in [-0.25, -0.2) is 4.39 Å². The van der Waals surface area contributed by atoms with Crippen LogP contribution in [0.5, 0.6) is 17.2 Å². The average molecular weight is 438 g/mol. The van der Waals surface area contributed by atoms with Crippen molar-refractivity contribution in [3.63, 3.8) is 0 Å². The Morgan fingerprint density at radius 1 is 0.750 bits per heavy atom. The van der Waals surface area contributed by atoms with E-state index < -0.39 is 17.6 Å². The molecule has 3 aromatic carbocycles. The van der Waals surface area contributed by atoms with Gasteiger partial charge in [-0.15, -0.1) is 0 Å². The number of anilines is 2. The molecule has 32 heavy (non-hydrogen) atoms. The number of carbonyl (C=O) groups is 2. The van der Waals surface area contributed by atoms with Crippen LogP contribution in [-0.4, -0.2) is 33.1 Å². The summed E-state index contributed by atoms with van der Waals surface area (Å²) in [5.74, 6) is -0.00554. The zero-order valence-electron chi connectivity index (χ0n) is 18.1. The molecule has 8 heteroatoms. The first-order valence-corrected chi connectivity index (χ1v) is 9.65. The van der Waals surface area contributed by atoms with Crippen molar-refractivity contribution in [3.05, 3.63) is 77.1 Å². The van der Waals surface area contributed by atoms with Crippen molar-refractivity contribution in [1.82, 2.24) is 0 Å². The molecule has 0 fully saturated rings. The van der Waals surface area contributed by atoms with Crippen LogP contribution in [0.2, 0.25) is 0 Å². The highest BCUT2D eigenvalue weighted by molar-refractivity contribution is 6.07. The summed E-state index contributed by atoms with van der Waals surface area (Å²) in [5, 5.41) is 5.46. The fourth-order valence-corrected chi connectivity index (χ4v) is 3.13. The van der Waals surface area contributed by atoms with Crippen LogP contribution < -0.4 is 24.8 Å². The number of carbonyl (C=O) groups excluding carboxylic acids is 2. The van der Waals surface area contributed by atoms with Gasteiger partial charge in [0.2, 0.25) is 0 Å². The molecular formula is C24H23FN2O5. The molecule has 0 aliphatic heterocycles. The molecule has 0 radical (unpaired) electrons. The van der Waals surface area contributed by atoms with Gasteiger partial charge in [-0.1, -0.05) is 6.07 Å². The zero-order valence-corrected chi connectivity index (χ0v) is 18.1. The Bertz CT molecular complexity index is 1140. The largest absolute Gasteiger partial charge is 0.496 e. The molecule has 3 rings (SSSR count). The molecule has 0 saturated heterocycles. The Kier molecular flexibility index (Phi) is 6.94. The second-order valence-corrected chi connectivity index (χ2v) is 6.84. The Hall–Kier alpha value is -4.07. The highest BCUT2D eigenvalue weighted by Gasteiger charge is 2.16. The fraction of sp³-hybridized carbons (Fsp3) is 0.167. The summed E-state index contributed by atoms with van der Waals surface area (Å²) in [6, 6.07) is 13.3. The van der Waals surface area contributed by atoms with Crippen LogP contribution in [0.25, 0.3) is 0 Å². The Balaban J connectivity index is 1.85. The third-order valence-electron chi connectivity index (χ3n) is 4.81. The van der Waals surface area contributed by atoms with Crippen LogP contribution in [0.15, 0.2) is 54.6 Å². The SMILES string of the molecule is COc1ccc(NC(=O)c2cc(OC)c(C)c(OC)c2)cc1NC(=O)c1cccc(F)c1. The van der Waals surface area contributed by atoms with Crippen LogP contribution in [0.3, 0.4) is 0 Å². The molecule has 0 spiro atoms. The summed E-state index contributed by atoms with van der Waals surface area (Å²) >= 11 is 0. The monoisotopic (exact) mass is 438 g/mol. The van der Waals surface area contributed by atoms with Gasteiger partial charge >= 0.3 is 0 Å². The molecular weight excluding hydrogens is 415 g/mol. The van der Waals surface area contributed by atoms with Gasteiger partial charge in [-0.2, -0.15) is 0 Å². The predicted octanol–water partition coefficient (Wildman–Crippen LogP) is 4.66. The van der Waals surface area contributed by atoms with E-state index in [9.17, 15) is 14.0 Å². The van der Waals surface area contributed by atoms with Crippen molar-refractivity contribution < 1.29 is 28.2 Å². The molecule has 0 aliphatic rings. The van der Waals surface area contributed by atoms with Gasteiger partial charge in [0.25, 0.3) is 11.8 Å². The third kappa shape index (κ3) is 4.97. The van der Waals surface area contributed by atoms with E-state index in [4.69, 9.17) is 14.2 Å². The standard InChI is InChI=1S/C24H23FN2O5/c1-14-21(31-3)11-16(12-22(14)32-4)24(29)26-18-8-9-20(30-2)19(13-18)27-23(28)15-6-5-7-17(25)10-15/h5-13H,1-4H3,(H,26,29)(H,27,28). The van der Waals surface area contributed by atoms with Crippen molar-refractivity contribution in [3.8, 4) is 17.2 Å². The highest BCUT2D eigenvalue weighted by Crippen LogP contribution is 2.31. The molecule has 0 atom stereocenters. The number of hydrogen-bond acceptors (Lipinski definition) is 5. The van der Waals surface area contributed by atoms with Gasteiger partial charge in [0.1, 0.15) is 23.1 Å². The number of amides is 2. The summed E-state index contributed by atoms with van der Waals surface area (Å²) in [6.45, 7) is 1.83. The maximum Gasteiger partial charge on any atom is 0.255 e. The maximum absolute atomic E-state index is 13.4. The summed E-state index contributed by atoms with van der Waals surface area (Å²) in [6.07, 6.45) is 0. The Labute approximate surface area is 185 Å². The summed E-state index contributed by atoms with van der Waals surface area (Å²) < 4.78 is 29.4. The lowest BCUT2D eigenvalue weighted by atomic mass is 10.1. The normalized spacial score (nSPS) is 10.3. The van der Waals surface area contributed by atoms with Crippen LogP contribution in [0.4, 0.5) is 15.8 Å². The molecule has 0 heterocycles. The lowest BCUT2D eigenvalue weighted by Crippen LogP contribution is -2.15. The number of methoxy groups -OCH3 is 3. The minimum atomic E-state index is -0.519. The van der Waals surface area contributed by atoms with Crippen molar-refractivity contribution >= 4 is 23.2 Å². The van der Waals surface area contributed by atoms with Gasteiger partial charge in [-0.05, 0) is 55.5 Å². The number of benzene rings is 3. The zero-order chi connectivity index (χ0) is 23.3. The van der Waals surface area contributed by atoms with Gasteiger partial charge in [0, 0.05) is 22.4 Å². The smallest absolute Gasteiger partial charge is 0.255 e. The average Bonchev–Trinajstić information content (AvgIpc) is 2.79. The number of rotatable bonds is 7. The van der Waals surface area contributed by atoms with Gasteiger partial charge < -0.3 is 24.8 Å². The summed E-state index contributed by atoms with van der Waals surface area (Å²) in [4.78, 5) is 25.3. The van der Waals surface area contributed by atoms with Crippen molar-refractivity contribution in [1.29, 1.82) is 0 Å². The molecule has 0 bridgehead atoms. The van der Waals surface area contributed by atoms with Gasteiger partial charge in [-0.3, -0.25) is 9.59 Å². The Morgan fingerprint density at radius 3 is 1.97 bits per heavy atom. The van der Waals surface area contributed by atoms with Gasteiger partial charge in [0.05, 0.1) is 27.0 Å². The minimum Gasteiger partial charge on any atom is -0.496 e. The number of ether oxygens (including phenoxy) is 3. The van der Waals surface area contributed by atoms with Crippen molar-refractivity contribution in [2.45, 2.75) is 6.92 Å². The summed E-state index contributed by atoms with van der Waals surface area (Å²) in [7, 11) is 4.48. The van der Waals surface area contributed by atoms with E-state index in [0.29, 0.717) is 34.2 Å². The van der Waals surface area contributed by atoms with Crippen molar-refractivity contribution in [2.75, 3.05) is 32.0 Å². The molecule has 166 valence electrons. The van der Waals surface area contributed by atoms with Crippen LogP contribution in [-0.2, 0) is 0 Å². The van der Waals surface area contributed by atoms with Crippen molar-refractivity contribution in [2.24, 2.45) is 0 Å². The van der Waals surface area contributed by atoms with E-state index in [-0.39, 0.29) is 5.56 Å². The first kappa shape index (κ1) is 22.6.